The fourth-order valence-corrected chi connectivity index (χ4v) is 4.44. The van der Waals surface area contributed by atoms with Crippen molar-refractivity contribution in [3.05, 3.63) is 71.4 Å². The molecule has 0 bridgehead atoms. The fourth-order valence-electron chi connectivity index (χ4n) is 4.44. The SMILES string of the molecule is Cc1cccc2c1N(C)C(=O)[C@]21CC(=O)Nc2c1cnn2-c1ccccc1. The van der Waals surface area contributed by atoms with E-state index < -0.39 is 5.41 Å². The van der Waals surface area contributed by atoms with E-state index in [2.05, 4.69) is 10.4 Å². The van der Waals surface area contributed by atoms with Gasteiger partial charge in [-0.05, 0) is 30.2 Å². The Labute approximate surface area is 156 Å². The molecule has 2 aromatic carbocycles. The molecule has 1 spiro atoms. The minimum atomic E-state index is -1.03. The van der Waals surface area contributed by atoms with Crippen LogP contribution in [0.25, 0.3) is 5.69 Å². The highest BCUT2D eigenvalue weighted by molar-refractivity contribution is 6.16. The molecule has 27 heavy (non-hydrogen) atoms. The number of amides is 2. The largest absolute Gasteiger partial charge is 0.314 e. The molecule has 0 saturated heterocycles. The zero-order valence-corrected chi connectivity index (χ0v) is 15.1. The van der Waals surface area contributed by atoms with E-state index in [1.54, 1.807) is 22.8 Å². The summed E-state index contributed by atoms with van der Waals surface area (Å²) < 4.78 is 1.69. The van der Waals surface area contributed by atoms with Crippen molar-refractivity contribution in [1.29, 1.82) is 0 Å². The maximum atomic E-state index is 13.5. The molecule has 2 aliphatic rings. The molecule has 5 rings (SSSR count). The molecule has 134 valence electrons. The Kier molecular flexibility index (Phi) is 3.10. The molecular weight excluding hydrogens is 340 g/mol. The van der Waals surface area contributed by atoms with E-state index in [0.717, 1.165) is 28.1 Å². The monoisotopic (exact) mass is 358 g/mol. The predicted octanol–water partition coefficient (Wildman–Crippen LogP) is 2.79. The van der Waals surface area contributed by atoms with Crippen LogP contribution in [0.2, 0.25) is 0 Å². The lowest BCUT2D eigenvalue weighted by atomic mass is 9.71. The molecule has 1 atom stereocenters. The van der Waals surface area contributed by atoms with Crippen molar-refractivity contribution < 1.29 is 9.59 Å². The average molecular weight is 358 g/mol. The van der Waals surface area contributed by atoms with Gasteiger partial charge in [-0.15, -0.1) is 0 Å². The number of aryl methyl sites for hydroxylation is 1. The number of nitrogens with one attached hydrogen (secondary N) is 1. The van der Waals surface area contributed by atoms with Gasteiger partial charge in [-0.25, -0.2) is 4.68 Å². The predicted molar refractivity (Wildman–Crippen MR) is 102 cm³/mol. The van der Waals surface area contributed by atoms with Crippen molar-refractivity contribution in [1.82, 2.24) is 9.78 Å². The average Bonchev–Trinajstić information content (AvgIpc) is 3.18. The molecule has 0 radical (unpaired) electrons. The Morgan fingerprint density at radius 3 is 2.59 bits per heavy atom. The number of anilines is 2. The molecule has 1 N–H and O–H groups in total. The number of benzene rings is 2. The van der Waals surface area contributed by atoms with Crippen LogP contribution < -0.4 is 10.2 Å². The lowest BCUT2D eigenvalue weighted by molar-refractivity contribution is -0.126. The van der Waals surface area contributed by atoms with Crippen molar-refractivity contribution in [2.24, 2.45) is 0 Å². The molecular formula is C21H18N4O2. The summed E-state index contributed by atoms with van der Waals surface area (Å²) >= 11 is 0. The second-order valence-electron chi connectivity index (χ2n) is 7.12. The van der Waals surface area contributed by atoms with E-state index >= 15 is 0 Å². The molecule has 1 aromatic heterocycles. The number of rotatable bonds is 1. The highest BCUT2D eigenvalue weighted by Crippen LogP contribution is 2.52. The smallest absolute Gasteiger partial charge is 0.242 e. The van der Waals surface area contributed by atoms with E-state index in [1.165, 1.54) is 0 Å². The number of carbonyl (C=O) groups is 2. The Morgan fingerprint density at radius 1 is 1.04 bits per heavy atom. The third-order valence-electron chi connectivity index (χ3n) is 5.62. The molecule has 2 amide bonds. The van der Waals surface area contributed by atoms with Crippen LogP contribution in [0, 0.1) is 6.92 Å². The van der Waals surface area contributed by atoms with E-state index in [-0.39, 0.29) is 18.2 Å². The van der Waals surface area contributed by atoms with Crippen LogP contribution in [0.15, 0.2) is 54.7 Å². The zero-order valence-electron chi connectivity index (χ0n) is 15.1. The van der Waals surface area contributed by atoms with E-state index in [1.807, 2.05) is 55.5 Å². The molecule has 0 fully saturated rings. The number of nitrogens with zero attached hydrogens (tertiary/aromatic N) is 3. The first kappa shape index (κ1) is 15.8. The Balaban J connectivity index is 1.81. The summed E-state index contributed by atoms with van der Waals surface area (Å²) in [6.07, 6.45) is 1.80. The summed E-state index contributed by atoms with van der Waals surface area (Å²) in [6.45, 7) is 1.98. The summed E-state index contributed by atoms with van der Waals surface area (Å²) in [4.78, 5) is 27.8. The number of hydrogen-bond donors (Lipinski definition) is 1. The first-order valence-corrected chi connectivity index (χ1v) is 8.86. The molecule has 0 unspecified atom stereocenters. The summed E-state index contributed by atoms with van der Waals surface area (Å²) in [5, 5.41) is 7.44. The summed E-state index contributed by atoms with van der Waals surface area (Å²) in [7, 11) is 1.77. The van der Waals surface area contributed by atoms with E-state index in [4.69, 9.17) is 0 Å². The van der Waals surface area contributed by atoms with Crippen molar-refractivity contribution in [2.75, 3.05) is 17.3 Å². The lowest BCUT2D eigenvalue weighted by Crippen LogP contribution is -2.45. The molecule has 6 heteroatoms. The molecule has 6 nitrogen and oxygen atoms in total. The number of hydrogen-bond acceptors (Lipinski definition) is 3. The normalized spacial score (nSPS) is 20.6. The van der Waals surface area contributed by atoms with Crippen molar-refractivity contribution >= 4 is 23.3 Å². The number of fused-ring (bicyclic) bond motifs is 4. The molecule has 0 aliphatic carbocycles. The minimum Gasteiger partial charge on any atom is -0.314 e. The van der Waals surface area contributed by atoms with E-state index in [0.29, 0.717) is 5.82 Å². The second-order valence-corrected chi connectivity index (χ2v) is 7.12. The van der Waals surface area contributed by atoms with Gasteiger partial charge in [0.05, 0.1) is 17.6 Å². The van der Waals surface area contributed by atoms with Gasteiger partial charge in [-0.1, -0.05) is 36.4 Å². The Morgan fingerprint density at radius 2 is 1.81 bits per heavy atom. The quantitative estimate of drug-likeness (QED) is 0.727. The number of aromatic nitrogens is 2. The van der Waals surface area contributed by atoms with Gasteiger partial charge in [0.2, 0.25) is 11.8 Å². The second kappa shape index (κ2) is 5.30. The van der Waals surface area contributed by atoms with Crippen molar-refractivity contribution in [3.63, 3.8) is 0 Å². The number of para-hydroxylation sites is 2. The minimum absolute atomic E-state index is 0.0834. The van der Waals surface area contributed by atoms with Gasteiger partial charge in [-0.3, -0.25) is 9.59 Å². The topological polar surface area (TPSA) is 67.2 Å². The maximum Gasteiger partial charge on any atom is 0.242 e. The summed E-state index contributed by atoms with van der Waals surface area (Å²) in [5.74, 6) is 0.292. The van der Waals surface area contributed by atoms with Crippen LogP contribution >= 0.6 is 0 Å². The third kappa shape index (κ3) is 1.92. The van der Waals surface area contributed by atoms with Gasteiger partial charge in [0.25, 0.3) is 0 Å². The van der Waals surface area contributed by atoms with Crippen LogP contribution in [0.3, 0.4) is 0 Å². The first-order valence-electron chi connectivity index (χ1n) is 8.86. The molecule has 0 saturated carbocycles. The van der Waals surface area contributed by atoms with Gasteiger partial charge in [0.15, 0.2) is 0 Å². The number of carbonyl (C=O) groups excluding carboxylic acids is 2. The van der Waals surface area contributed by atoms with E-state index in [9.17, 15) is 9.59 Å². The summed E-state index contributed by atoms with van der Waals surface area (Å²) in [5.41, 5.74) is 3.32. The molecule has 3 aromatic rings. The van der Waals surface area contributed by atoms with Gasteiger partial charge >= 0.3 is 0 Å². The Bertz CT molecular complexity index is 1100. The molecule has 2 aliphatic heterocycles. The highest BCUT2D eigenvalue weighted by Gasteiger charge is 2.56. The standard InChI is InChI=1S/C21H18N4O2/c1-13-7-6-10-15-18(13)24(2)20(27)21(15)11-17(26)23-19-16(21)12-22-25(19)14-8-4-3-5-9-14/h3-10,12H,11H2,1-2H3,(H,23,26)/t21-/m1/s1. The third-order valence-corrected chi connectivity index (χ3v) is 5.62. The number of likely N-dealkylation sites (N-methyl/N-ethyl adjacent to an activating group) is 1. The van der Waals surface area contributed by atoms with Crippen LogP contribution in [-0.4, -0.2) is 28.6 Å². The Hall–Kier alpha value is -3.41. The van der Waals surface area contributed by atoms with Gasteiger partial charge in [0.1, 0.15) is 11.2 Å². The van der Waals surface area contributed by atoms with Gasteiger partial charge in [-0.2, -0.15) is 5.10 Å². The van der Waals surface area contributed by atoms with Gasteiger partial charge < -0.3 is 10.2 Å². The van der Waals surface area contributed by atoms with Crippen LogP contribution in [0.4, 0.5) is 11.5 Å². The van der Waals surface area contributed by atoms with Crippen LogP contribution in [-0.2, 0) is 15.0 Å². The fraction of sp³-hybridized carbons (Fsp3) is 0.190. The first-order chi connectivity index (χ1) is 13.0. The maximum absolute atomic E-state index is 13.5. The molecule has 3 heterocycles. The highest BCUT2D eigenvalue weighted by atomic mass is 16.2. The zero-order chi connectivity index (χ0) is 18.8. The van der Waals surface area contributed by atoms with Crippen LogP contribution in [0.5, 0.6) is 0 Å². The van der Waals surface area contributed by atoms with Gasteiger partial charge in [0, 0.05) is 19.0 Å². The van der Waals surface area contributed by atoms with Crippen molar-refractivity contribution in [2.45, 2.75) is 18.8 Å². The van der Waals surface area contributed by atoms with Crippen molar-refractivity contribution in [3.8, 4) is 5.69 Å². The van der Waals surface area contributed by atoms with Crippen LogP contribution in [0.1, 0.15) is 23.1 Å². The lowest BCUT2D eigenvalue weighted by Gasteiger charge is -2.32. The summed E-state index contributed by atoms with van der Waals surface area (Å²) in [6, 6.07) is 15.5.